The van der Waals surface area contributed by atoms with E-state index in [0.717, 1.165) is 25.7 Å². The normalized spacial score (nSPS) is 18.5. The Labute approximate surface area is 182 Å². The predicted molar refractivity (Wildman–Crippen MR) is 116 cm³/mol. The fourth-order valence-electron chi connectivity index (χ4n) is 3.51. The van der Waals surface area contributed by atoms with E-state index >= 15 is 0 Å². The van der Waals surface area contributed by atoms with Crippen LogP contribution in [0, 0.1) is 36.3 Å². The molecule has 2 aromatic rings. The summed E-state index contributed by atoms with van der Waals surface area (Å²) >= 11 is 0. The Morgan fingerprint density at radius 3 is 2.32 bits per heavy atom. The first-order valence-corrected chi connectivity index (χ1v) is 10.5. The van der Waals surface area contributed by atoms with Crippen molar-refractivity contribution in [2.24, 2.45) is 5.92 Å². The lowest BCUT2D eigenvalue weighted by atomic mass is 9.87. The van der Waals surface area contributed by atoms with Crippen molar-refractivity contribution < 1.29 is 23.0 Å². The topological polar surface area (TPSA) is 35.5 Å². The average molecular weight is 424 g/mol. The molecule has 0 aromatic heterocycles. The van der Waals surface area contributed by atoms with Crippen LogP contribution in [-0.4, -0.2) is 18.7 Å². The van der Waals surface area contributed by atoms with Gasteiger partial charge in [-0.3, -0.25) is 4.79 Å². The summed E-state index contributed by atoms with van der Waals surface area (Å²) in [6.45, 7) is 4.18. The van der Waals surface area contributed by atoms with Gasteiger partial charge in [-0.2, -0.15) is 0 Å². The standard InChI is InChI=1S/C26H26F2O3/c1-3-4-15-30-21-12-8-20(9-13-21)26(29)31-22-10-5-19(6-11-22)7-14-23-24(27)16-18(2)17-25(23)28/h3-6,10-11,16-17,20-21H,8-9,12-13,15H2,1-2H3/b4-3+. The third-order valence-corrected chi connectivity index (χ3v) is 5.26. The van der Waals surface area contributed by atoms with E-state index in [0.29, 0.717) is 23.5 Å². The summed E-state index contributed by atoms with van der Waals surface area (Å²) in [6.07, 6.45) is 7.31. The Hall–Kier alpha value is -2.97. The number of carbonyl (C=O) groups excluding carboxylic acids is 1. The molecule has 0 atom stereocenters. The molecule has 0 spiro atoms. The van der Waals surface area contributed by atoms with Gasteiger partial charge in [-0.15, -0.1) is 0 Å². The number of halogens is 2. The number of benzene rings is 2. The zero-order valence-corrected chi connectivity index (χ0v) is 17.8. The molecule has 1 aliphatic rings. The van der Waals surface area contributed by atoms with Crippen molar-refractivity contribution >= 4 is 5.97 Å². The lowest BCUT2D eigenvalue weighted by Crippen LogP contribution is -2.29. The van der Waals surface area contributed by atoms with Crippen LogP contribution in [0.3, 0.4) is 0 Å². The minimum absolute atomic E-state index is 0.131. The number of hydrogen-bond acceptors (Lipinski definition) is 3. The zero-order valence-electron chi connectivity index (χ0n) is 17.8. The number of aryl methyl sites for hydroxylation is 1. The maximum atomic E-state index is 13.9. The largest absolute Gasteiger partial charge is 0.426 e. The summed E-state index contributed by atoms with van der Waals surface area (Å²) in [4.78, 5) is 12.4. The van der Waals surface area contributed by atoms with E-state index in [1.807, 2.05) is 19.1 Å². The van der Waals surface area contributed by atoms with Gasteiger partial charge in [-0.25, -0.2) is 8.78 Å². The predicted octanol–water partition coefficient (Wildman–Crippen LogP) is 5.73. The van der Waals surface area contributed by atoms with E-state index in [-0.39, 0.29) is 23.6 Å². The van der Waals surface area contributed by atoms with Crippen LogP contribution in [0.5, 0.6) is 5.75 Å². The number of hydrogen-bond donors (Lipinski definition) is 0. The highest BCUT2D eigenvalue weighted by Gasteiger charge is 2.28. The van der Waals surface area contributed by atoms with E-state index in [4.69, 9.17) is 9.47 Å². The highest BCUT2D eigenvalue weighted by atomic mass is 19.1. The lowest BCUT2D eigenvalue weighted by molar-refractivity contribution is -0.140. The van der Waals surface area contributed by atoms with Crippen molar-refractivity contribution in [3.63, 3.8) is 0 Å². The van der Waals surface area contributed by atoms with Gasteiger partial charge in [0.25, 0.3) is 0 Å². The van der Waals surface area contributed by atoms with Gasteiger partial charge in [-0.1, -0.05) is 24.0 Å². The molecule has 1 aliphatic carbocycles. The third kappa shape index (κ3) is 6.50. The number of ether oxygens (including phenoxy) is 2. The molecule has 1 fully saturated rings. The maximum Gasteiger partial charge on any atom is 0.314 e. The van der Waals surface area contributed by atoms with Gasteiger partial charge in [0, 0.05) is 5.56 Å². The average Bonchev–Trinajstić information content (AvgIpc) is 2.75. The van der Waals surface area contributed by atoms with Gasteiger partial charge < -0.3 is 9.47 Å². The van der Waals surface area contributed by atoms with Crippen molar-refractivity contribution in [3.05, 3.63) is 76.9 Å². The van der Waals surface area contributed by atoms with Crippen molar-refractivity contribution in [2.45, 2.75) is 45.6 Å². The molecule has 0 aliphatic heterocycles. The first kappa shape index (κ1) is 22.7. The van der Waals surface area contributed by atoms with E-state index in [1.165, 1.54) is 12.1 Å². The number of carbonyl (C=O) groups is 1. The van der Waals surface area contributed by atoms with Crippen molar-refractivity contribution in [2.75, 3.05) is 6.61 Å². The van der Waals surface area contributed by atoms with Gasteiger partial charge in [0.1, 0.15) is 17.4 Å². The van der Waals surface area contributed by atoms with E-state index in [2.05, 4.69) is 11.8 Å². The molecule has 0 bridgehead atoms. The van der Waals surface area contributed by atoms with Crippen LogP contribution in [0.1, 0.15) is 49.3 Å². The van der Waals surface area contributed by atoms with Crippen LogP contribution < -0.4 is 4.74 Å². The molecule has 162 valence electrons. The van der Waals surface area contributed by atoms with E-state index in [1.54, 1.807) is 31.2 Å². The molecule has 1 saturated carbocycles. The molecule has 0 N–H and O–H groups in total. The van der Waals surface area contributed by atoms with Crippen LogP contribution in [0.4, 0.5) is 8.78 Å². The molecule has 31 heavy (non-hydrogen) atoms. The van der Waals surface area contributed by atoms with Crippen molar-refractivity contribution in [1.82, 2.24) is 0 Å². The Kier molecular flexibility index (Phi) is 7.97. The number of allylic oxidation sites excluding steroid dienone is 1. The zero-order chi connectivity index (χ0) is 22.2. The van der Waals surface area contributed by atoms with Crippen LogP contribution in [0.15, 0.2) is 48.6 Å². The molecular weight excluding hydrogens is 398 g/mol. The first-order valence-electron chi connectivity index (χ1n) is 10.5. The summed E-state index contributed by atoms with van der Waals surface area (Å²) in [5.41, 5.74) is 0.811. The monoisotopic (exact) mass is 424 g/mol. The van der Waals surface area contributed by atoms with Crippen LogP contribution >= 0.6 is 0 Å². The summed E-state index contributed by atoms with van der Waals surface area (Å²) in [6, 6.07) is 9.08. The number of esters is 1. The van der Waals surface area contributed by atoms with Crippen LogP contribution in [0.2, 0.25) is 0 Å². The Morgan fingerprint density at radius 2 is 1.71 bits per heavy atom. The van der Waals surface area contributed by atoms with Gasteiger partial charge >= 0.3 is 5.97 Å². The van der Waals surface area contributed by atoms with Gasteiger partial charge in [0.15, 0.2) is 0 Å². The minimum atomic E-state index is -0.683. The second-order valence-corrected chi connectivity index (χ2v) is 7.68. The summed E-state index contributed by atoms with van der Waals surface area (Å²) < 4.78 is 39.0. The summed E-state index contributed by atoms with van der Waals surface area (Å²) in [5, 5.41) is 0. The smallest absolute Gasteiger partial charge is 0.314 e. The van der Waals surface area contributed by atoms with Gasteiger partial charge in [-0.05, 0) is 81.5 Å². The van der Waals surface area contributed by atoms with Crippen molar-refractivity contribution in [1.29, 1.82) is 0 Å². The molecule has 0 radical (unpaired) electrons. The maximum absolute atomic E-state index is 13.9. The summed E-state index contributed by atoms with van der Waals surface area (Å²) in [5.74, 6) is 3.97. The quantitative estimate of drug-likeness (QED) is 0.266. The molecule has 3 rings (SSSR count). The molecule has 2 aromatic carbocycles. The Balaban J connectivity index is 1.54. The van der Waals surface area contributed by atoms with E-state index < -0.39 is 11.6 Å². The summed E-state index contributed by atoms with van der Waals surface area (Å²) in [7, 11) is 0. The van der Waals surface area contributed by atoms with Crippen LogP contribution in [-0.2, 0) is 9.53 Å². The minimum Gasteiger partial charge on any atom is -0.426 e. The van der Waals surface area contributed by atoms with Gasteiger partial charge in [0.05, 0.1) is 24.2 Å². The lowest BCUT2D eigenvalue weighted by Gasteiger charge is -2.26. The second-order valence-electron chi connectivity index (χ2n) is 7.68. The Morgan fingerprint density at radius 1 is 1.06 bits per heavy atom. The second kappa shape index (κ2) is 10.9. The van der Waals surface area contributed by atoms with Gasteiger partial charge in [0.2, 0.25) is 0 Å². The number of rotatable bonds is 5. The Bertz CT molecular complexity index is 969. The molecule has 5 heteroatoms. The molecule has 3 nitrogen and oxygen atoms in total. The molecule has 0 unspecified atom stereocenters. The SMILES string of the molecule is C/C=C/COC1CCC(C(=O)Oc2ccc(C#Cc3c(F)cc(C)cc3F)cc2)CC1. The fraction of sp³-hybridized carbons (Fsp3) is 0.346. The fourth-order valence-corrected chi connectivity index (χ4v) is 3.51. The molecule has 0 saturated heterocycles. The first-order chi connectivity index (χ1) is 15.0. The molecular formula is C26H26F2O3. The molecule has 0 amide bonds. The molecule has 0 heterocycles. The third-order valence-electron chi connectivity index (χ3n) is 5.26. The van der Waals surface area contributed by atoms with E-state index in [9.17, 15) is 13.6 Å². The highest BCUT2D eigenvalue weighted by Crippen LogP contribution is 2.28. The van der Waals surface area contributed by atoms with Crippen molar-refractivity contribution in [3.8, 4) is 17.6 Å². The highest BCUT2D eigenvalue weighted by molar-refractivity contribution is 5.75. The van der Waals surface area contributed by atoms with Crippen LogP contribution in [0.25, 0.3) is 0 Å².